The first kappa shape index (κ1) is 37.1. The predicted octanol–water partition coefficient (Wildman–Crippen LogP) is 4.37. The number of Topliss-reactive ketones (excluding diaryl/α,β-unsaturated/α-hetero) is 2. The van der Waals surface area contributed by atoms with Crippen LogP contribution in [-0.4, -0.2) is 67.8 Å². The fourth-order valence-corrected chi connectivity index (χ4v) is 8.40. The molecule has 0 heterocycles. The lowest BCUT2D eigenvalue weighted by Gasteiger charge is -2.21. The van der Waals surface area contributed by atoms with Gasteiger partial charge < -0.3 is 24.3 Å². The van der Waals surface area contributed by atoms with Gasteiger partial charge in [0.05, 0.1) is 18.9 Å². The Labute approximate surface area is 278 Å². The molecule has 0 fully saturated rings. The van der Waals surface area contributed by atoms with Gasteiger partial charge in [0.25, 0.3) is 12.9 Å². The molecule has 1 amide bonds. The number of amides is 1. The summed E-state index contributed by atoms with van der Waals surface area (Å²) < 4.78 is 21.2. The quantitative estimate of drug-likeness (QED) is 0.0523. The van der Waals surface area contributed by atoms with Gasteiger partial charge in [0.1, 0.15) is 12.2 Å². The molecule has 0 aromatic heterocycles. The molecule has 2 atom stereocenters. The highest BCUT2D eigenvalue weighted by molar-refractivity contribution is 14.1. The summed E-state index contributed by atoms with van der Waals surface area (Å²) in [4.78, 5) is 82.9. The number of rotatable bonds is 19. The number of esters is 2. The van der Waals surface area contributed by atoms with Crippen LogP contribution in [0.5, 0.6) is 0 Å². The van der Waals surface area contributed by atoms with Crippen molar-refractivity contribution in [3.05, 3.63) is 21.8 Å². The van der Waals surface area contributed by atoms with Gasteiger partial charge in [-0.1, -0.05) is 0 Å². The van der Waals surface area contributed by atoms with E-state index in [9.17, 15) is 33.6 Å². The molecule has 15 heteroatoms. The number of ketones is 2. The Balaban J connectivity index is 3.35. The van der Waals surface area contributed by atoms with E-state index < -0.39 is 30.1 Å². The molecule has 1 aromatic carbocycles. The van der Waals surface area contributed by atoms with Crippen molar-refractivity contribution in [1.82, 2.24) is 0 Å². The Morgan fingerprint density at radius 2 is 1.07 bits per heavy atom. The van der Waals surface area contributed by atoms with Crippen molar-refractivity contribution in [1.29, 1.82) is 0 Å². The van der Waals surface area contributed by atoms with Crippen molar-refractivity contribution in [2.75, 3.05) is 18.5 Å². The van der Waals surface area contributed by atoms with Crippen LogP contribution in [-0.2, 0) is 42.9 Å². The first-order valence-electron chi connectivity index (χ1n) is 12.3. The molecule has 2 unspecified atom stereocenters. The molecule has 41 heavy (non-hydrogen) atoms. The van der Waals surface area contributed by atoms with Crippen LogP contribution in [0.15, 0.2) is 0 Å². The minimum atomic E-state index is -0.673. The normalized spacial score (nSPS) is 12.0. The molecule has 0 radical (unpaired) electrons. The largest absolute Gasteiger partial charge is 0.468 e. The second-order valence-corrected chi connectivity index (χ2v) is 11.9. The lowest BCUT2D eigenvalue weighted by atomic mass is 9.96. The number of anilines is 1. The Morgan fingerprint density at radius 1 is 0.683 bits per heavy atom. The van der Waals surface area contributed by atoms with Gasteiger partial charge in [0.2, 0.25) is 5.91 Å². The molecule has 0 aliphatic rings. The van der Waals surface area contributed by atoms with Gasteiger partial charge in [-0.25, -0.2) is 0 Å². The summed E-state index contributed by atoms with van der Waals surface area (Å²) in [6.07, 6.45) is -0.757. The van der Waals surface area contributed by atoms with E-state index in [0.717, 1.165) is 0 Å². The average Bonchev–Trinajstić information content (AvgIpc) is 2.87. The number of hydrogen-bond donors (Lipinski definition) is 1. The highest BCUT2D eigenvalue weighted by Gasteiger charge is 2.29. The highest BCUT2D eigenvalue weighted by atomic mass is 127. The molecule has 0 spiro atoms. The molecule has 226 valence electrons. The van der Waals surface area contributed by atoms with E-state index in [-0.39, 0.29) is 87.4 Å². The van der Waals surface area contributed by atoms with Gasteiger partial charge in [0.15, 0.2) is 11.6 Å². The maximum atomic E-state index is 13.5. The van der Waals surface area contributed by atoms with E-state index in [4.69, 9.17) is 9.47 Å². The Kier molecular flexibility index (Phi) is 17.5. The van der Waals surface area contributed by atoms with E-state index in [1.807, 2.05) is 67.8 Å². The maximum Gasteiger partial charge on any atom is 0.302 e. The van der Waals surface area contributed by atoms with Crippen molar-refractivity contribution >= 4 is 116 Å². The van der Waals surface area contributed by atoms with E-state index in [2.05, 4.69) is 14.8 Å². The Morgan fingerprint density at radius 3 is 1.39 bits per heavy atom. The zero-order valence-electron chi connectivity index (χ0n) is 22.6. The number of halogens is 3. The van der Waals surface area contributed by atoms with Gasteiger partial charge in [0, 0.05) is 68.3 Å². The van der Waals surface area contributed by atoms with E-state index in [1.54, 1.807) is 0 Å². The standard InChI is InChI=1S/C26H30I3NO11/c1-14(33)30-26-24(28)21(19(36)6-4-17(40-15(2)34)8-10-38-12-31)23(27)22(25(26)29)20(37)7-5-18(41-16(3)35)9-11-39-13-32/h12-13,17-18H,4-11H2,1-3H3,(H,30,33). The highest BCUT2D eigenvalue weighted by Crippen LogP contribution is 2.37. The second kappa shape index (κ2) is 19.3. The van der Waals surface area contributed by atoms with Gasteiger partial charge in [-0.3, -0.25) is 33.6 Å². The molecule has 1 N–H and O–H groups in total. The van der Waals surface area contributed by atoms with Gasteiger partial charge in [-0.2, -0.15) is 0 Å². The number of carbonyl (C=O) groups excluding carboxylic acids is 7. The maximum absolute atomic E-state index is 13.5. The summed E-state index contributed by atoms with van der Waals surface area (Å²) in [5.41, 5.74) is 0.790. The van der Waals surface area contributed by atoms with Gasteiger partial charge >= 0.3 is 11.9 Å². The lowest BCUT2D eigenvalue weighted by molar-refractivity contribution is -0.149. The summed E-state index contributed by atoms with van der Waals surface area (Å²) in [6, 6.07) is 0. The third kappa shape index (κ3) is 12.9. The van der Waals surface area contributed by atoms with Crippen LogP contribution in [0, 0.1) is 10.7 Å². The number of hydrogen-bond acceptors (Lipinski definition) is 11. The van der Waals surface area contributed by atoms with Crippen molar-refractivity contribution < 1.29 is 52.5 Å². The van der Waals surface area contributed by atoms with Crippen LogP contribution in [0.3, 0.4) is 0 Å². The van der Waals surface area contributed by atoms with E-state index in [1.165, 1.54) is 20.8 Å². The molecule has 0 saturated heterocycles. The topological polar surface area (TPSA) is 168 Å². The minimum absolute atomic E-state index is 0.00910. The monoisotopic (exact) mass is 913 g/mol. The third-order valence-electron chi connectivity index (χ3n) is 5.48. The summed E-state index contributed by atoms with van der Waals surface area (Å²) >= 11 is 5.83. The van der Waals surface area contributed by atoms with E-state index >= 15 is 0 Å². The third-order valence-corrected chi connectivity index (χ3v) is 8.72. The summed E-state index contributed by atoms with van der Waals surface area (Å²) in [5, 5.41) is 2.71. The van der Waals surface area contributed by atoms with E-state index in [0.29, 0.717) is 16.4 Å². The van der Waals surface area contributed by atoms with Crippen molar-refractivity contribution in [3.8, 4) is 0 Å². The zero-order valence-corrected chi connectivity index (χ0v) is 29.1. The SMILES string of the molecule is CC(=O)Nc1c(I)c(C(=O)CCC(CCOC=O)OC(C)=O)c(I)c(C(=O)CCC(CCOC=O)OC(C)=O)c1I. The second-order valence-electron chi connectivity index (χ2n) is 8.65. The van der Waals surface area contributed by atoms with Crippen LogP contribution < -0.4 is 5.32 Å². The predicted molar refractivity (Wildman–Crippen MR) is 170 cm³/mol. The van der Waals surface area contributed by atoms with Gasteiger partial charge in [-0.05, 0) is 80.6 Å². The number of carbonyl (C=O) groups is 7. The van der Waals surface area contributed by atoms with Crippen LogP contribution in [0.4, 0.5) is 5.69 Å². The molecule has 0 saturated carbocycles. The smallest absolute Gasteiger partial charge is 0.302 e. The van der Waals surface area contributed by atoms with Crippen LogP contribution in [0.1, 0.15) is 80.0 Å². The lowest BCUT2D eigenvalue weighted by Crippen LogP contribution is -2.23. The summed E-state index contributed by atoms with van der Waals surface area (Å²) in [5.74, 6) is -2.16. The molecule has 0 bridgehead atoms. The van der Waals surface area contributed by atoms with Crippen molar-refractivity contribution in [2.24, 2.45) is 0 Å². The molecule has 0 aliphatic heterocycles. The minimum Gasteiger partial charge on any atom is -0.468 e. The van der Waals surface area contributed by atoms with Crippen LogP contribution in [0.25, 0.3) is 0 Å². The molecular formula is C26H30I3NO11. The van der Waals surface area contributed by atoms with Gasteiger partial charge in [-0.15, -0.1) is 0 Å². The van der Waals surface area contributed by atoms with Crippen molar-refractivity contribution in [3.63, 3.8) is 0 Å². The zero-order chi connectivity index (χ0) is 31.1. The number of ether oxygens (including phenoxy) is 4. The first-order valence-corrected chi connectivity index (χ1v) is 15.6. The molecular weight excluding hydrogens is 883 g/mol. The average molecular weight is 913 g/mol. The molecule has 1 rings (SSSR count). The van der Waals surface area contributed by atoms with Crippen molar-refractivity contribution in [2.45, 2.75) is 71.5 Å². The molecule has 0 aliphatic carbocycles. The molecule has 12 nitrogen and oxygen atoms in total. The fourth-order valence-electron chi connectivity index (χ4n) is 3.76. The van der Waals surface area contributed by atoms with Crippen LogP contribution in [0.2, 0.25) is 0 Å². The first-order chi connectivity index (χ1) is 19.3. The Bertz CT molecular complexity index is 1080. The fraction of sp³-hybridized carbons (Fsp3) is 0.500. The number of benzene rings is 1. The summed E-state index contributed by atoms with van der Waals surface area (Å²) in [6.45, 7) is 4.36. The summed E-state index contributed by atoms with van der Waals surface area (Å²) in [7, 11) is 0. The van der Waals surface area contributed by atoms with Crippen LogP contribution >= 0.6 is 67.8 Å². The molecule has 1 aromatic rings. The Hall–Kier alpha value is -1.90. The number of nitrogens with one attached hydrogen (secondary N) is 1.